The van der Waals surface area contributed by atoms with Gasteiger partial charge in [-0.15, -0.1) is 0 Å². The Morgan fingerprint density at radius 3 is 2.68 bits per heavy atom. The first-order chi connectivity index (χ1) is 8.90. The summed E-state index contributed by atoms with van der Waals surface area (Å²) in [4.78, 5) is -0.298. The molecule has 0 spiro atoms. The molecule has 1 unspecified atom stereocenters. The van der Waals surface area contributed by atoms with Crippen LogP contribution in [0.5, 0.6) is 0 Å². The summed E-state index contributed by atoms with van der Waals surface area (Å²) in [6, 6.07) is 3.86. The molecule has 19 heavy (non-hydrogen) atoms. The predicted molar refractivity (Wildman–Crippen MR) is 77.3 cm³/mol. The largest absolute Gasteiger partial charge is 0.316 e. The second-order valence-electron chi connectivity index (χ2n) is 4.27. The molecule has 4 nitrogen and oxygen atoms in total. The normalized spacial score (nSPS) is 13.5. The van der Waals surface area contributed by atoms with Crippen LogP contribution in [0.15, 0.2) is 23.1 Å². The van der Waals surface area contributed by atoms with E-state index in [9.17, 15) is 12.8 Å². The Bertz CT molecular complexity index is 520. The summed E-state index contributed by atoms with van der Waals surface area (Å²) in [6.45, 7) is 2.24. The quantitative estimate of drug-likeness (QED) is 0.803. The van der Waals surface area contributed by atoms with E-state index in [2.05, 4.69) is 10.0 Å². The minimum absolute atomic E-state index is 0.243. The molecule has 108 valence electrons. The van der Waals surface area contributed by atoms with Gasteiger partial charge in [0.15, 0.2) is 0 Å². The smallest absolute Gasteiger partial charge is 0.243 e. The lowest BCUT2D eigenvalue weighted by atomic mass is 10.2. The lowest BCUT2D eigenvalue weighted by Crippen LogP contribution is -2.34. The molecule has 0 aliphatic carbocycles. The zero-order valence-corrected chi connectivity index (χ0v) is 12.9. The van der Waals surface area contributed by atoms with Crippen molar-refractivity contribution in [1.29, 1.82) is 0 Å². The van der Waals surface area contributed by atoms with E-state index in [0.29, 0.717) is 12.3 Å². The topological polar surface area (TPSA) is 58.2 Å². The Morgan fingerprint density at radius 1 is 1.42 bits per heavy atom. The van der Waals surface area contributed by atoms with E-state index in [1.807, 2.05) is 6.26 Å². The van der Waals surface area contributed by atoms with Gasteiger partial charge in [0.25, 0.3) is 0 Å². The molecular formula is C12H19FN2O2S2. The van der Waals surface area contributed by atoms with Crippen LogP contribution in [0.4, 0.5) is 4.39 Å². The fourth-order valence-electron chi connectivity index (χ4n) is 1.68. The Labute approximate surface area is 118 Å². The summed E-state index contributed by atoms with van der Waals surface area (Å²) >= 11 is 1.53. The van der Waals surface area contributed by atoms with Crippen molar-refractivity contribution in [2.45, 2.75) is 24.4 Å². The Balaban J connectivity index is 3.02. The summed E-state index contributed by atoms with van der Waals surface area (Å²) in [6.07, 6.45) is 1.89. The Kier molecular flexibility index (Phi) is 6.25. The molecule has 0 heterocycles. The van der Waals surface area contributed by atoms with Gasteiger partial charge in [0.2, 0.25) is 10.0 Å². The Hall–Kier alpha value is -0.630. The van der Waals surface area contributed by atoms with Gasteiger partial charge in [0.1, 0.15) is 10.7 Å². The lowest BCUT2D eigenvalue weighted by molar-refractivity contribution is 0.549. The van der Waals surface area contributed by atoms with Crippen LogP contribution < -0.4 is 10.0 Å². The van der Waals surface area contributed by atoms with Crippen LogP contribution in [0, 0.1) is 5.82 Å². The van der Waals surface area contributed by atoms with Crippen molar-refractivity contribution in [2.75, 3.05) is 19.1 Å². The highest BCUT2D eigenvalue weighted by atomic mass is 32.2. The summed E-state index contributed by atoms with van der Waals surface area (Å²) in [7, 11) is -2.07. The van der Waals surface area contributed by atoms with Gasteiger partial charge in [-0.2, -0.15) is 11.8 Å². The maximum Gasteiger partial charge on any atom is 0.243 e. The maximum atomic E-state index is 13.7. The van der Waals surface area contributed by atoms with Crippen molar-refractivity contribution in [3.05, 3.63) is 29.6 Å². The fourth-order valence-corrected chi connectivity index (χ4v) is 3.74. The molecule has 0 aliphatic rings. The van der Waals surface area contributed by atoms with Crippen LogP contribution >= 0.6 is 11.8 Å². The number of benzene rings is 1. The van der Waals surface area contributed by atoms with Gasteiger partial charge in [-0.05, 0) is 37.9 Å². The molecule has 1 rings (SSSR count). The number of rotatable bonds is 7. The molecule has 1 aromatic carbocycles. The molecule has 0 saturated carbocycles. The molecule has 0 radical (unpaired) electrons. The van der Waals surface area contributed by atoms with Crippen molar-refractivity contribution in [3.8, 4) is 0 Å². The van der Waals surface area contributed by atoms with Crippen molar-refractivity contribution >= 4 is 21.8 Å². The molecule has 0 aliphatic heterocycles. The third-order valence-corrected chi connectivity index (χ3v) is 4.88. The first-order valence-electron chi connectivity index (χ1n) is 5.85. The number of hydrogen-bond acceptors (Lipinski definition) is 4. The molecule has 1 atom stereocenters. The number of thioether (sulfide) groups is 1. The van der Waals surface area contributed by atoms with Gasteiger partial charge in [0, 0.05) is 18.3 Å². The van der Waals surface area contributed by atoms with E-state index in [-0.39, 0.29) is 10.9 Å². The average molecular weight is 306 g/mol. The first kappa shape index (κ1) is 16.4. The summed E-state index contributed by atoms with van der Waals surface area (Å²) in [5.74, 6) is -0.0967. The van der Waals surface area contributed by atoms with Crippen molar-refractivity contribution < 1.29 is 12.8 Å². The monoisotopic (exact) mass is 306 g/mol. The van der Waals surface area contributed by atoms with E-state index in [1.54, 1.807) is 20.0 Å². The number of sulfonamides is 1. The number of hydrogen-bond donors (Lipinski definition) is 2. The van der Waals surface area contributed by atoms with Gasteiger partial charge in [-0.1, -0.05) is 6.07 Å². The van der Waals surface area contributed by atoms with Gasteiger partial charge in [0.05, 0.1) is 0 Å². The number of halogens is 1. The molecular weight excluding hydrogens is 287 g/mol. The van der Waals surface area contributed by atoms with E-state index < -0.39 is 15.8 Å². The third kappa shape index (κ3) is 4.76. The average Bonchev–Trinajstić information content (AvgIpc) is 2.31. The van der Waals surface area contributed by atoms with Crippen LogP contribution in [-0.2, 0) is 16.6 Å². The molecule has 0 amide bonds. The summed E-state index contributed by atoms with van der Waals surface area (Å²) in [5, 5.41) is 2.90. The third-order valence-electron chi connectivity index (χ3n) is 2.44. The standard InChI is InChI=1S/C12H19FN2O2S2/c1-9(8-18-3)15-19(16,17)12-6-10(7-14-2)4-5-11(12)13/h4-6,9,14-15H,7-8H2,1-3H3. The van der Waals surface area contributed by atoms with Crippen LogP contribution in [0.2, 0.25) is 0 Å². The highest BCUT2D eigenvalue weighted by molar-refractivity contribution is 7.98. The highest BCUT2D eigenvalue weighted by Crippen LogP contribution is 2.17. The SMILES string of the molecule is CNCc1ccc(F)c(S(=O)(=O)NC(C)CSC)c1. The molecule has 0 saturated heterocycles. The second-order valence-corrected chi connectivity index (χ2v) is 6.87. The fraction of sp³-hybridized carbons (Fsp3) is 0.500. The summed E-state index contributed by atoms with van der Waals surface area (Å²) in [5.41, 5.74) is 0.724. The van der Waals surface area contributed by atoms with E-state index in [1.165, 1.54) is 23.9 Å². The van der Waals surface area contributed by atoms with Crippen molar-refractivity contribution in [2.24, 2.45) is 0 Å². The zero-order chi connectivity index (χ0) is 14.5. The first-order valence-corrected chi connectivity index (χ1v) is 8.72. The van der Waals surface area contributed by atoms with E-state index >= 15 is 0 Å². The molecule has 0 fully saturated rings. The molecule has 0 aromatic heterocycles. The lowest BCUT2D eigenvalue weighted by Gasteiger charge is -2.14. The molecule has 0 bridgehead atoms. The van der Waals surface area contributed by atoms with Crippen LogP contribution in [0.1, 0.15) is 12.5 Å². The minimum atomic E-state index is -3.82. The van der Waals surface area contributed by atoms with Crippen LogP contribution in [0.3, 0.4) is 0 Å². The zero-order valence-electron chi connectivity index (χ0n) is 11.2. The van der Waals surface area contributed by atoms with E-state index in [0.717, 1.165) is 5.56 Å². The predicted octanol–water partition coefficient (Wildman–Crippen LogP) is 1.57. The van der Waals surface area contributed by atoms with Crippen LogP contribution in [0.25, 0.3) is 0 Å². The summed E-state index contributed by atoms with van der Waals surface area (Å²) < 4.78 is 40.4. The molecule has 1 aromatic rings. The molecule has 2 N–H and O–H groups in total. The van der Waals surface area contributed by atoms with Gasteiger partial charge in [-0.3, -0.25) is 0 Å². The van der Waals surface area contributed by atoms with Crippen LogP contribution in [-0.4, -0.2) is 33.5 Å². The van der Waals surface area contributed by atoms with Gasteiger partial charge < -0.3 is 5.32 Å². The highest BCUT2D eigenvalue weighted by Gasteiger charge is 2.21. The molecule has 7 heteroatoms. The van der Waals surface area contributed by atoms with Gasteiger partial charge >= 0.3 is 0 Å². The van der Waals surface area contributed by atoms with E-state index in [4.69, 9.17) is 0 Å². The second kappa shape index (κ2) is 7.23. The number of nitrogens with one attached hydrogen (secondary N) is 2. The minimum Gasteiger partial charge on any atom is -0.316 e. The van der Waals surface area contributed by atoms with Crippen molar-refractivity contribution in [3.63, 3.8) is 0 Å². The Morgan fingerprint density at radius 2 is 2.11 bits per heavy atom. The van der Waals surface area contributed by atoms with Gasteiger partial charge in [-0.25, -0.2) is 17.5 Å². The van der Waals surface area contributed by atoms with Crippen molar-refractivity contribution in [1.82, 2.24) is 10.0 Å². The maximum absolute atomic E-state index is 13.7.